The Morgan fingerprint density at radius 1 is 1.21 bits per heavy atom. The monoisotopic (exact) mass is 393 g/mol. The Morgan fingerprint density at radius 2 is 2.11 bits per heavy atom. The van der Waals surface area contributed by atoms with Gasteiger partial charge in [0, 0.05) is 12.1 Å². The van der Waals surface area contributed by atoms with Crippen molar-refractivity contribution >= 4 is 39.1 Å². The number of aromatic nitrogens is 1. The van der Waals surface area contributed by atoms with Crippen LogP contribution in [0.1, 0.15) is 40.7 Å². The van der Waals surface area contributed by atoms with E-state index in [1.165, 1.54) is 0 Å². The second kappa shape index (κ2) is 6.91. The summed E-state index contributed by atoms with van der Waals surface area (Å²) in [5.41, 5.74) is 2.16. The Bertz CT molecular complexity index is 1040. The van der Waals surface area contributed by atoms with Crippen molar-refractivity contribution in [2.75, 3.05) is 18.5 Å². The first-order valence-corrected chi connectivity index (χ1v) is 10.2. The summed E-state index contributed by atoms with van der Waals surface area (Å²) in [5.74, 6) is 0.338. The number of hydrogen-bond acceptors (Lipinski definition) is 5. The standard InChI is InChI=1S/C21H19N3O3S/c25-19-12-27-17-11-13(8-9-14(17)22-19)21(26)24-10-4-3-6-16(24)20-23-15-5-1-2-7-18(15)28-20/h1-2,5,7-9,11,16H,3-4,6,10,12H2,(H,22,25). The van der Waals surface area contributed by atoms with Crippen LogP contribution in [0.5, 0.6) is 5.75 Å². The van der Waals surface area contributed by atoms with E-state index < -0.39 is 0 Å². The second-order valence-corrected chi connectivity index (χ2v) is 8.14. The van der Waals surface area contributed by atoms with Gasteiger partial charge in [-0.2, -0.15) is 0 Å². The van der Waals surface area contributed by atoms with Gasteiger partial charge in [-0.1, -0.05) is 12.1 Å². The Hall–Kier alpha value is -2.93. The molecule has 7 heteroatoms. The van der Waals surface area contributed by atoms with Crippen LogP contribution < -0.4 is 10.1 Å². The molecule has 0 bridgehead atoms. The lowest BCUT2D eigenvalue weighted by Crippen LogP contribution is -2.38. The molecule has 3 aromatic rings. The zero-order valence-corrected chi connectivity index (χ0v) is 16.0. The third-order valence-electron chi connectivity index (χ3n) is 5.22. The van der Waals surface area contributed by atoms with Crippen molar-refractivity contribution in [1.82, 2.24) is 9.88 Å². The van der Waals surface area contributed by atoms with Gasteiger partial charge in [0.2, 0.25) is 0 Å². The van der Waals surface area contributed by atoms with Gasteiger partial charge in [-0.15, -0.1) is 11.3 Å². The van der Waals surface area contributed by atoms with E-state index in [-0.39, 0.29) is 24.5 Å². The van der Waals surface area contributed by atoms with Crippen molar-refractivity contribution in [2.45, 2.75) is 25.3 Å². The van der Waals surface area contributed by atoms with Gasteiger partial charge in [0.1, 0.15) is 10.8 Å². The summed E-state index contributed by atoms with van der Waals surface area (Å²) >= 11 is 1.67. The Morgan fingerprint density at radius 3 is 3.00 bits per heavy atom. The van der Waals surface area contributed by atoms with Crippen molar-refractivity contribution in [3.63, 3.8) is 0 Å². The fourth-order valence-electron chi connectivity index (χ4n) is 3.84. The number of carbonyl (C=O) groups is 2. The van der Waals surface area contributed by atoms with E-state index in [0.717, 1.165) is 34.5 Å². The number of amides is 2. The molecule has 1 N–H and O–H groups in total. The van der Waals surface area contributed by atoms with E-state index in [2.05, 4.69) is 11.4 Å². The largest absolute Gasteiger partial charge is 0.482 e. The number of carbonyl (C=O) groups excluding carboxylic acids is 2. The van der Waals surface area contributed by atoms with Crippen molar-refractivity contribution in [2.24, 2.45) is 0 Å². The van der Waals surface area contributed by atoms with E-state index in [4.69, 9.17) is 9.72 Å². The van der Waals surface area contributed by atoms with Gasteiger partial charge in [-0.3, -0.25) is 9.59 Å². The number of anilines is 1. The molecule has 2 aliphatic heterocycles. The number of rotatable bonds is 2. The Balaban J connectivity index is 1.46. The van der Waals surface area contributed by atoms with Gasteiger partial charge in [0.05, 0.1) is 21.9 Å². The molecule has 2 amide bonds. The number of nitrogens with one attached hydrogen (secondary N) is 1. The summed E-state index contributed by atoms with van der Waals surface area (Å²) in [7, 11) is 0. The molecule has 1 atom stereocenters. The summed E-state index contributed by atoms with van der Waals surface area (Å²) in [5, 5.41) is 3.75. The summed E-state index contributed by atoms with van der Waals surface area (Å²) in [6.45, 7) is 0.691. The number of para-hydroxylation sites is 1. The van der Waals surface area contributed by atoms with Crippen LogP contribution in [0.3, 0.4) is 0 Å². The maximum absolute atomic E-state index is 13.3. The van der Waals surface area contributed by atoms with Crippen LogP contribution in [-0.4, -0.2) is 34.8 Å². The van der Waals surface area contributed by atoms with E-state index in [0.29, 0.717) is 23.5 Å². The Labute approximate surface area is 166 Å². The van der Waals surface area contributed by atoms with Crippen molar-refractivity contribution < 1.29 is 14.3 Å². The predicted molar refractivity (Wildman–Crippen MR) is 108 cm³/mol. The van der Waals surface area contributed by atoms with Crippen LogP contribution in [-0.2, 0) is 4.79 Å². The first-order valence-electron chi connectivity index (χ1n) is 9.42. The highest BCUT2D eigenvalue weighted by Gasteiger charge is 2.31. The van der Waals surface area contributed by atoms with Gasteiger partial charge >= 0.3 is 0 Å². The molecule has 2 aromatic carbocycles. The van der Waals surface area contributed by atoms with Gasteiger partial charge in [0.25, 0.3) is 11.8 Å². The first kappa shape index (κ1) is 17.2. The fraction of sp³-hybridized carbons (Fsp3) is 0.286. The van der Waals surface area contributed by atoms with E-state index in [1.807, 2.05) is 23.1 Å². The van der Waals surface area contributed by atoms with Crippen LogP contribution >= 0.6 is 11.3 Å². The number of fused-ring (bicyclic) bond motifs is 2. The second-order valence-electron chi connectivity index (χ2n) is 7.08. The van der Waals surface area contributed by atoms with E-state index in [9.17, 15) is 9.59 Å². The number of hydrogen-bond donors (Lipinski definition) is 1. The van der Waals surface area contributed by atoms with E-state index >= 15 is 0 Å². The topological polar surface area (TPSA) is 71.5 Å². The quantitative estimate of drug-likeness (QED) is 0.714. The fourth-order valence-corrected chi connectivity index (χ4v) is 4.95. The maximum atomic E-state index is 13.3. The van der Waals surface area contributed by atoms with Crippen molar-refractivity contribution in [3.8, 4) is 5.75 Å². The summed E-state index contributed by atoms with van der Waals surface area (Å²) in [6.07, 6.45) is 3.00. The number of nitrogens with zero attached hydrogens (tertiary/aromatic N) is 2. The third kappa shape index (κ3) is 3.01. The highest BCUT2D eigenvalue weighted by atomic mass is 32.1. The molecule has 1 saturated heterocycles. The van der Waals surface area contributed by atoms with Crippen LogP contribution in [0.25, 0.3) is 10.2 Å². The third-order valence-corrected chi connectivity index (χ3v) is 6.36. The molecular weight excluding hydrogens is 374 g/mol. The van der Waals surface area contributed by atoms with Crippen LogP contribution in [0.2, 0.25) is 0 Å². The molecule has 2 aliphatic rings. The molecule has 5 rings (SSSR count). The smallest absolute Gasteiger partial charge is 0.262 e. The lowest BCUT2D eigenvalue weighted by atomic mass is 10.0. The number of ether oxygens (including phenoxy) is 1. The Kier molecular flexibility index (Phi) is 4.24. The summed E-state index contributed by atoms with van der Waals surface area (Å²) < 4.78 is 6.62. The molecule has 0 aliphatic carbocycles. The lowest BCUT2D eigenvalue weighted by Gasteiger charge is -2.34. The van der Waals surface area contributed by atoms with E-state index in [1.54, 1.807) is 29.5 Å². The number of piperidine rings is 1. The molecule has 1 unspecified atom stereocenters. The van der Waals surface area contributed by atoms with Crippen molar-refractivity contribution in [1.29, 1.82) is 0 Å². The van der Waals surface area contributed by atoms with Crippen LogP contribution in [0.4, 0.5) is 5.69 Å². The van der Waals surface area contributed by atoms with Crippen LogP contribution in [0, 0.1) is 0 Å². The van der Waals surface area contributed by atoms with Crippen LogP contribution in [0.15, 0.2) is 42.5 Å². The number of likely N-dealkylation sites (tertiary alicyclic amines) is 1. The number of thiazole rings is 1. The highest BCUT2D eigenvalue weighted by molar-refractivity contribution is 7.18. The molecular formula is C21H19N3O3S. The maximum Gasteiger partial charge on any atom is 0.262 e. The minimum atomic E-state index is -0.182. The molecule has 0 radical (unpaired) electrons. The lowest BCUT2D eigenvalue weighted by molar-refractivity contribution is -0.118. The van der Waals surface area contributed by atoms with Gasteiger partial charge in [-0.25, -0.2) is 4.98 Å². The zero-order chi connectivity index (χ0) is 19.1. The van der Waals surface area contributed by atoms with Gasteiger partial charge in [-0.05, 0) is 49.6 Å². The zero-order valence-electron chi connectivity index (χ0n) is 15.2. The molecule has 0 saturated carbocycles. The molecule has 1 aromatic heterocycles. The normalized spacial score (nSPS) is 19.1. The average molecular weight is 393 g/mol. The molecule has 142 valence electrons. The SMILES string of the molecule is O=C1COc2cc(C(=O)N3CCCCC3c3nc4ccccc4s3)ccc2N1. The summed E-state index contributed by atoms with van der Waals surface area (Å²) in [4.78, 5) is 31.5. The minimum Gasteiger partial charge on any atom is -0.482 e. The average Bonchev–Trinajstić information content (AvgIpc) is 3.17. The van der Waals surface area contributed by atoms with Crippen molar-refractivity contribution in [3.05, 3.63) is 53.0 Å². The highest BCUT2D eigenvalue weighted by Crippen LogP contribution is 2.37. The molecule has 0 spiro atoms. The number of benzene rings is 2. The molecule has 1 fully saturated rings. The first-order chi connectivity index (χ1) is 13.7. The molecule has 3 heterocycles. The predicted octanol–water partition coefficient (Wildman–Crippen LogP) is 3.99. The minimum absolute atomic E-state index is 0.00435. The molecule has 6 nitrogen and oxygen atoms in total. The molecule has 28 heavy (non-hydrogen) atoms. The van der Waals surface area contributed by atoms with Gasteiger partial charge in [0.15, 0.2) is 6.61 Å². The van der Waals surface area contributed by atoms with Gasteiger partial charge < -0.3 is 15.0 Å². The summed E-state index contributed by atoms with van der Waals surface area (Å²) in [6, 6.07) is 13.3.